The molecule has 3 saturated carbocycles. The van der Waals surface area contributed by atoms with Crippen molar-refractivity contribution in [1.29, 1.82) is 0 Å². The maximum Gasteiger partial charge on any atom is 0.309 e. The Kier molecular flexibility index (Phi) is 3.77. The molecule has 5 heteroatoms. The van der Waals surface area contributed by atoms with Gasteiger partial charge in [-0.15, -0.1) is 0 Å². The van der Waals surface area contributed by atoms with Crippen molar-refractivity contribution in [1.82, 2.24) is 0 Å². The highest BCUT2D eigenvalue weighted by Gasteiger charge is 2.73. The molecule has 3 fully saturated rings. The van der Waals surface area contributed by atoms with Gasteiger partial charge in [0.1, 0.15) is 0 Å². The summed E-state index contributed by atoms with van der Waals surface area (Å²) < 4.78 is 5.26. The number of rotatable bonds is 6. The van der Waals surface area contributed by atoms with Gasteiger partial charge in [0.25, 0.3) is 0 Å². The summed E-state index contributed by atoms with van der Waals surface area (Å²) in [6.07, 6.45) is 3.66. The first-order valence-corrected chi connectivity index (χ1v) is 8.44. The van der Waals surface area contributed by atoms with Gasteiger partial charge in [0.2, 0.25) is 6.54 Å². The van der Waals surface area contributed by atoms with Gasteiger partial charge in [-0.05, 0) is 56.3 Å². The van der Waals surface area contributed by atoms with Crippen LogP contribution in [-0.2, 0) is 9.53 Å². The fourth-order valence-electron chi connectivity index (χ4n) is 5.94. The number of hydrogen-bond donors (Lipinski definition) is 0. The molecule has 0 spiro atoms. The predicted octanol–water partition coefficient (Wildman–Crippen LogP) is 3.07. The number of esters is 1. The molecule has 3 aliphatic carbocycles. The number of ether oxygens (including phenoxy) is 1. The first kappa shape index (κ1) is 15.5. The summed E-state index contributed by atoms with van der Waals surface area (Å²) in [6, 6.07) is 0. The van der Waals surface area contributed by atoms with E-state index in [2.05, 4.69) is 6.58 Å². The minimum Gasteiger partial charge on any atom is -0.466 e. The zero-order chi connectivity index (χ0) is 16.1. The quantitative estimate of drug-likeness (QED) is 0.327. The summed E-state index contributed by atoms with van der Waals surface area (Å²) in [5.41, 5.74) is 0.780. The first-order chi connectivity index (χ1) is 10.5. The van der Waals surface area contributed by atoms with Gasteiger partial charge >= 0.3 is 5.97 Å². The average molecular weight is 307 g/mol. The second-order valence-corrected chi connectivity index (χ2v) is 7.14. The van der Waals surface area contributed by atoms with Gasteiger partial charge in [-0.1, -0.05) is 19.1 Å². The van der Waals surface area contributed by atoms with E-state index < -0.39 is 5.41 Å². The van der Waals surface area contributed by atoms with Gasteiger partial charge < -0.3 is 4.74 Å². The van der Waals surface area contributed by atoms with Crippen molar-refractivity contribution < 1.29 is 14.5 Å². The van der Waals surface area contributed by atoms with Crippen LogP contribution in [0.25, 0.3) is 0 Å². The Labute approximate surface area is 131 Å². The van der Waals surface area contributed by atoms with Crippen LogP contribution < -0.4 is 0 Å². The van der Waals surface area contributed by atoms with E-state index in [0.717, 1.165) is 19.3 Å². The van der Waals surface area contributed by atoms with E-state index in [1.165, 1.54) is 5.57 Å². The third kappa shape index (κ3) is 1.87. The van der Waals surface area contributed by atoms with Crippen LogP contribution in [0.15, 0.2) is 12.2 Å². The SMILES string of the molecule is C=C1[C@H]2CC[C@H]3[C@@H]1[C@@H](C2)C3(C[N+](=O)[O-])C(CC)C(=O)OCC. The minimum atomic E-state index is -0.511. The zero-order valence-electron chi connectivity index (χ0n) is 13.4. The van der Waals surface area contributed by atoms with Crippen LogP contribution >= 0.6 is 0 Å². The molecule has 0 aromatic rings. The van der Waals surface area contributed by atoms with Crippen molar-refractivity contribution in [3.63, 3.8) is 0 Å². The molecular weight excluding hydrogens is 282 g/mol. The van der Waals surface area contributed by atoms with Crippen molar-refractivity contribution in [2.24, 2.45) is 35.0 Å². The Bertz CT molecular complexity index is 509. The monoisotopic (exact) mass is 307 g/mol. The summed E-state index contributed by atoms with van der Waals surface area (Å²) in [6.45, 7) is 8.22. The second kappa shape index (κ2) is 5.36. The molecule has 0 radical (unpaired) electrons. The maximum atomic E-state index is 12.5. The maximum absolute atomic E-state index is 12.5. The molecule has 3 aliphatic rings. The molecule has 0 N–H and O–H groups in total. The third-order valence-corrected chi connectivity index (χ3v) is 6.60. The Hall–Kier alpha value is -1.39. The molecule has 122 valence electrons. The lowest BCUT2D eigenvalue weighted by molar-refractivity contribution is -0.514. The molecule has 2 bridgehead atoms. The summed E-state index contributed by atoms with van der Waals surface area (Å²) in [4.78, 5) is 23.6. The summed E-state index contributed by atoms with van der Waals surface area (Å²) in [5.74, 6) is 0.808. The zero-order valence-corrected chi connectivity index (χ0v) is 13.4. The van der Waals surface area contributed by atoms with E-state index in [4.69, 9.17) is 4.74 Å². The number of carbonyl (C=O) groups excluding carboxylic acids is 1. The number of carbonyl (C=O) groups is 1. The number of nitrogens with zero attached hydrogens (tertiary/aromatic N) is 1. The van der Waals surface area contributed by atoms with E-state index in [9.17, 15) is 14.9 Å². The van der Waals surface area contributed by atoms with Crippen LogP contribution in [0.5, 0.6) is 0 Å². The highest BCUT2D eigenvalue weighted by atomic mass is 16.6. The van der Waals surface area contributed by atoms with Gasteiger partial charge in [0, 0.05) is 4.92 Å². The van der Waals surface area contributed by atoms with Crippen molar-refractivity contribution in [2.45, 2.75) is 39.5 Å². The lowest BCUT2D eigenvalue weighted by Gasteiger charge is -2.60. The van der Waals surface area contributed by atoms with Gasteiger partial charge in [-0.25, -0.2) is 0 Å². The topological polar surface area (TPSA) is 69.4 Å². The smallest absolute Gasteiger partial charge is 0.309 e. The molecule has 6 atom stereocenters. The lowest BCUT2D eigenvalue weighted by atomic mass is 9.41. The Morgan fingerprint density at radius 2 is 2.18 bits per heavy atom. The van der Waals surface area contributed by atoms with Crippen LogP contribution in [0.2, 0.25) is 0 Å². The molecule has 3 rings (SSSR count). The standard InChI is InChI=1S/C17H25NO4/c1-4-12(16(19)22-5-2)17(9-18(20)21)13-7-6-11-8-14(17)15(13)10(11)3/h11-15H,3-9H2,1-2H3/t11-,12?,13-,14+,15+,17?/m0/s1. The normalized spacial score (nSPS) is 40.0. The highest BCUT2D eigenvalue weighted by Crippen LogP contribution is 2.73. The van der Waals surface area contributed by atoms with Crippen LogP contribution in [0.3, 0.4) is 0 Å². The van der Waals surface area contributed by atoms with Crippen molar-refractivity contribution >= 4 is 5.97 Å². The number of fused-ring (bicyclic) bond motifs is 1. The fourth-order valence-corrected chi connectivity index (χ4v) is 5.94. The summed E-state index contributed by atoms with van der Waals surface area (Å²) >= 11 is 0. The van der Waals surface area contributed by atoms with E-state index in [1.807, 2.05) is 6.92 Å². The van der Waals surface area contributed by atoms with Crippen LogP contribution in [-0.4, -0.2) is 24.0 Å². The van der Waals surface area contributed by atoms with Crippen LogP contribution in [0.1, 0.15) is 39.5 Å². The van der Waals surface area contributed by atoms with E-state index in [0.29, 0.717) is 24.9 Å². The number of nitro groups is 1. The highest BCUT2D eigenvalue weighted by molar-refractivity contribution is 5.74. The predicted molar refractivity (Wildman–Crippen MR) is 81.7 cm³/mol. The first-order valence-electron chi connectivity index (χ1n) is 8.44. The molecule has 22 heavy (non-hydrogen) atoms. The van der Waals surface area contributed by atoms with Crippen molar-refractivity contribution in [3.05, 3.63) is 22.3 Å². The van der Waals surface area contributed by atoms with E-state index >= 15 is 0 Å². The van der Waals surface area contributed by atoms with Crippen molar-refractivity contribution in [2.75, 3.05) is 13.2 Å². The molecule has 0 amide bonds. The number of hydrogen-bond acceptors (Lipinski definition) is 4. The Morgan fingerprint density at radius 1 is 1.45 bits per heavy atom. The Balaban J connectivity index is 1.98. The summed E-state index contributed by atoms with van der Waals surface area (Å²) in [5, 5.41) is 11.4. The van der Waals surface area contributed by atoms with Gasteiger partial charge in [0.15, 0.2) is 0 Å². The van der Waals surface area contributed by atoms with E-state index in [1.54, 1.807) is 6.92 Å². The molecular formula is C17H25NO4. The molecule has 0 heterocycles. The fraction of sp³-hybridized carbons (Fsp3) is 0.824. The van der Waals surface area contributed by atoms with E-state index in [-0.39, 0.29) is 35.2 Å². The molecule has 2 unspecified atom stereocenters. The second-order valence-electron chi connectivity index (χ2n) is 7.14. The van der Waals surface area contributed by atoms with Gasteiger partial charge in [-0.3, -0.25) is 14.9 Å². The molecule has 0 saturated heterocycles. The van der Waals surface area contributed by atoms with Gasteiger partial charge in [0.05, 0.1) is 17.9 Å². The lowest BCUT2D eigenvalue weighted by Crippen LogP contribution is -2.63. The molecule has 5 nitrogen and oxygen atoms in total. The Morgan fingerprint density at radius 3 is 2.77 bits per heavy atom. The molecule has 0 aliphatic heterocycles. The number of allylic oxidation sites excluding steroid dienone is 1. The van der Waals surface area contributed by atoms with Crippen LogP contribution in [0.4, 0.5) is 0 Å². The van der Waals surface area contributed by atoms with Gasteiger partial charge in [-0.2, -0.15) is 0 Å². The minimum absolute atomic E-state index is 0.101. The summed E-state index contributed by atoms with van der Waals surface area (Å²) in [7, 11) is 0. The van der Waals surface area contributed by atoms with Crippen molar-refractivity contribution in [3.8, 4) is 0 Å². The molecule has 0 aromatic heterocycles. The molecule has 0 aromatic carbocycles. The third-order valence-electron chi connectivity index (χ3n) is 6.60. The average Bonchev–Trinajstić information content (AvgIpc) is 2.62. The van der Waals surface area contributed by atoms with Crippen LogP contribution in [0, 0.1) is 45.1 Å². The largest absolute Gasteiger partial charge is 0.466 e.